The molecule has 0 spiro atoms. The maximum atomic E-state index is 13.2. The van der Waals surface area contributed by atoms with E-state index in [2.05, 4.69) is 0 Å². The van der Waals surface area contributed by atoms with Gasteiger partial charge in [-0.1, -0.05) is 0 Å². The van der Waals surface area contributed by atoms with Gasteiger partial charge in [0.25, 0.3) is 0 Å². The van der Waals surface area contributed by atoms with E-state index in [1.54, 1.807) is 0 Å². The highest BCUT2D eigenvalue weighted by Crippen LogP contribution is 2.39. The van der Waals surface area contributed by atoms with Crippen LogP contribution in [0.4, 0.5) is 0 Å². The molecule has 11 nitrogen and oxygen atoms in total. The van der Waals surface area contributed by atoms with Crippen LogP contribution < -0.4 is 10.2 Å². The Bertz CT molecular complexity index is 1230. The molecule has 0 radical (unpaired) electrons. The van der Waals surface area contributed by atoms with Crippen molar-refractivity contribution in [2.75, 3.05) is 0 Å². The SMILES string of the molecule is C[C@@H]1O[C@@H](Oc2c(-c3ccc(O)c(O)c3)oc3cc(O)cc(O)c3c2=O)[C@@H](O)[C@@H](O)[C@@H]1O. The molecule has 1 aromatic heterocycles. The molecule has 2 heterocycles. The molecular formula is C21H20O11. The lowest BCUT2D eigenvalue weighted by molar-refractivity contribution is -0.268. The van der Waals surface area contributed by atoms with Crippen LogP contribution in [0.2, 0.25) is 0 Å². The number of phenolic OH excluding ortho intramolecular Hbond substituents is 4. The smallest absolute Gasteiger partial charge is 0.239 e. The van der Waals surface area contributed by atoms with Gasteiger partial charge in [0.15, 0.2) is 17.3 Å². The van der Waals surface area contributed by atoms with Gasteiger partial charge >= 0.3 is 0 Å². The molecule has 11 heteroatoms. The lowest BCUT2D eigenvalue weighted by atomic mass is 10.00. The van der Waals surface area contributed by atoms with E-state index in [1.165, 1.54) is 13.0 Å². The van der Waals surface area contributed by atoms with E-state index in [0.29, 0.717) is 0 Å². The fourth-order valence-electron chi connectivity index (χ4n) is 3.46. The van der Waals surface area contributed by atoms with Crippen LogP contribution in [0, 0.1) is 0 Å². The number of aliphatic hydroxyl groups excluding tert-OH is 3. The Morgan fingerprint density at radius 3 is 2.28 bits per heavy atom. The van der Waals surface area contributed by atoms with Crippen LogP contribution in [-0.4, -0.2) is 66.5 Å². The number of aromatic hydroxyl groups is 4. The molecule has 0 bridgehead atoms. The molecular weight excluding hydrogens is 428 g/mol. The van der Waals surface area contributed by atoms with Gasteiger partial charge in [0.05, 0.1) is 6.10 Å². The molecule has 3 aromatic rings. The molecule has 1 fully saturated rings. The molecule has 4 rings (SSSR count). The second-order valence-electron chi connectivity index (χ2n) is 7.43. The third kappa shape index (κ3) is 3.56. The minimum absolute atomic E-state index is 0.0658. The molecule has 0 aliphatic carbocycles. The van der Waals surface area contributed by atoms with E-state index in [-0.39, 0.29) is 28.0 Å². The van der Waals surface area contributed by atoms with Gasteiger partial charge in [0.1, 0.15) is 40.8 Å². The molecule has 0 saturated carbocycles. The number of hydrogen-bond acceptors (Lipinski definition) is 11. The zero-order valence-electron chi connectivity index (χ0n) is 16.5. The predicted molar refractivity (Wildman–Crippen MR) is 108 cm³/mol. The Hall–Kier alpha value is -3.51. The fraction of sp³-hybridized carbons (Fsp3) is 0.286. The van der Waals surface area contributed by atoms with E-state index >= 15 is 0 Å². The Balaban J connectivity index is 1.92. The molecule has 1 aliphatic heterocycles. The Morgan fingerprint density at radius 2 is 1.59 bits per heavy atom. The quantitative estimate of drug-likeness (QED) is 0.276. The summed E-state index contributed by atoms with van der Waals surface area (Å²) in [6.07, 6.45) is -7.35. The van der Waals surface area contributed by atoms with Gasteiger partial charge in [-0.15, -0.1) is 0 Å². The van der Waals surface area contributed by atoms with Gasteiger partial charge in [0, 0.05) is 17.7 Å². The van der Waals surface area contributed by atoms with Gasteiger partial charge in [-0.3, -0.25) is 4.79 Å². The largest absolute Gasteiger partial charge is 0.508 e. The number of benzene rings is 2. The molecule has 1 aliphatic rings. The van der Waals surface area contributed by atoms with E-state index in [0.717, 1.165) is 24.3 Å². The lowest BCUT2D eigenvalue weighted by Crippen LogP contribution is -2.58. The molecule has 1 saturated heterocycles. The highest BCUT2D eigenvalue weighted by atomic mass is 16.7. The van der Waals surface area contributed by atoms with Crippen molar-refractivity contribution in [3.8, 4) is 40.1 Å². The minimum Gasteiger partial charge on any atom is -0.508 e. The Labute approximate surface area is 179 Å². The number of phenols is 4. The first-order valence-electron chi connectivity index (χ1n) is 9.50. The van der Waals surface area contributed by atoms with Crippen molar-refractivity contribution >= 4 is 11.0 Å². The number of aliphatic hydroxyl groups is 3. The van der Waals surface area contributed by atoms with Gasteiger partial charge in [-0.2, -0.15) is 0 Å². The molecule has 0 amide bonds. The van der Waals surface area contributed by atoms with Crippen LogP contribution in [0.5, 0.6) is 28.7 Å². The zero-order chi connectivity index (χ0) is 23.3. The third-order valence-electron chi connectivity index (χ3n) is 5.20. The van der Waals surface area contributed by atoms with Crippen molar-refractivity contribution in [3.63, 3.8) is 0 Å². The third-order valence-corrected chi connectivity index (χ3v) is 5.20. The number of rotatable bonds is 3. The van der Waals surface area contributed by atoms with E-state index < -0.39 is 59.1 Å². The van der Waals surface area contributed by atoms with E-state index in [1.807, 2.05) is 0 Å². The van der Waals surface area contributed by atoms with Gasteiger partial charge in [0.2, 0.25) is 17.5 Å². The van der Waals surface area contributed by atoms with Crippen molar-refractivity contribution in [2.45, 2.75) is 37.6 Å². The van der Waals surface area contributed by atoms with Crippen LogP contribution in [0.1, 0.15) is 6.92 Å². The van der Waals surface area contributed by atoms with Crippen LogP contribution >= 0.6 is 0 Å². The summed E-state index contributed by atoms with van der Waals surface area (Å²) in [5.74, 6) is -2.80. The topological polar surface area (TPSA) is 190 Å². The first-order valence-corrected chi connectivity index (χ1v) is 9.50. The van der Waals surface area contributed by atoms with Crippen molar-refractivity contribution < 1.29 is 49.6 Å². The van der Waals surface area contributed by atoms with Gasteiger partial charge < -0.3 is 49.6 Å². The van der Waals surface area contributed by atoms with Crippen molar-refractivity contribution in [1.29, 1.82) is 0 Å². The Morgan fingerprint density at radius 1 is 0.875 bits per heavy atom. The van der Waals surface area contributed by atoms with E-state index in [9.17, 15) is 40.5 Å². The van der Waals surface area contributed by atoms with Crippen molar-refractivity contribution in [2.24, 2.45) is 0 Å². The molecule has 170 valence electrons. The number of hydrogen-bond donors (Lipinski definition) is 7. The second kappa shape index (κ2) is 7.88. The van der Waals surface area contributed by atoms with Crippen LogP contribution in [-0.2, 0) is 4.74 Å². The average molecular weight is 448 g/mol. The number of ether oxygens (including phenoxy) is 2. The second-order valence-corrected chi connectivity index (χ2v) is 7.43. The summed E-state index contributed by atoms with van der Waals surface area (Å²) in [5.41, 5.74) is -1.05. The standard InChI is InChI=1S/C21H20O11/c1-7-15(26)17(28)18(29)21(30-7)32-20-16(27)14-12(25)5-9(22)6-13(14)31-19(20)8-2-3-10(23)11(24)4-8/h2-7,15,17-18,21-26,28-29H,1H3/t7-,15+,17-,18-,21-/m0/s1. The summed E-state index contributed by atoms with van der Waals surface area (Å²) >= 11 is 0. The van der Waals surface area contributed by atoms with Crippen LogP contribution in [0.15, 0.2) is 39.5 Å². The fourth-order valence-corrected chi connectivity index (χ4v) is 3.46. The first kappa shape index (κ1) is 21.7. The van der Waals surface area contributed by atoms with Gasteiger partial charge in [-0.25, -0.2) is 0 Å². The van der Waals surface area contributed by atoms with Crippen molar-refractivity contribution in [3.05, 3.63) is 40.6 Å². The highest BCUT2D eigenvalue weighted by Gasteiger charge is 2.44. The summed E-state index contributed by atoms with van der Waals surface area (Å²) in [4.78, 5) is 13.2. The summed E-state index contributed by atoms with van der Waals surface area (Å²) in [6.45, 7) is 1.42. The molecule has 0 unspecified atom stereocenters. The molecule has 5 atom stereocenters. The van der Waals surface area contributed by atoms with Crippen LogP contribution in [0.25, 0.3) is 22.3 Å². The predicted octanol–water partition coefficient (Wildman–Crippen LogP) is 0.489. The normalized spacial score (nSPS) is 25.7. The summed E-state index contributed by atoms with van der Waals surface area (Å²) < 4.78 is 16.6. The first-order chi connectivity index (χ1) is 15.1. The van der Waals surface area contributed by atoms with Crippen molar-refractivity contribution in [1.82, 2.24) is 0 Å². The average Bonchev–Trinajstić information content (AvgIpc) is 2.73. The monoisotopic (exact) mass is 448 g/mol. The van der Waals surface area contributed by atoms with Gasteiger partial charge in [-0.05, 0) is 25.1 Å². The molecule has 32 heavy (non-hydrogen) atoms. The molecule has 2 aromatic carbocycles. The van der Waals surface area contributed by atoms with Crippen LogP contribution in [0.3, 0.4) is 0 Å². The maximum absolute atomic E-state index is 13.2. The summed E-state index contributed by atoms with van der Waals surface area (Å²) in [6, 6.07) is 5.51. The summed E-state index contributed by atoms with van der Waals surface area (Å²) in [5, 5.41) is 69.2. The maximum Gasteiger partial charge on any atom is 0.239 e. The summed E-state index contributed by atoms with van der Waals surface area (Å²) in [7, 11) is 0. The Kier molecular flexibility index (Phi) is 5.34. The molecule has 7 N–H and O–H groups in total. The lowest BCUT2D eigenvalue weighted by Gasteiger charge is -2.38. The zero-order valence-corrected chi connectivity index (χ0v) is 16.5. The highest BCUT2D eigenvalue weighted by molar-refractivity contribution is 5.88. The number of fused-ring (bicyclic) bond motifs is 1. The minimum atomic E-state index is -1.74. The van der Waals surface area contributed by atoms with E-state index in [4.69, 9.17) is 13.9 Å².